The van der Waals surface area contributed by atoms with E-state index in [9.17, 15) is 22.0 Å². The van der Waals surface area contributed by atoms with Crippen molar-refractivity contribution in [1.82, 2.24) is 5.32 Å². The Morgan fingerprint density at radius 1 is 1.20 bits per heavy atom. The summed E-state index contributed by atoms with van der Waals surface area (Å²) in [4.78, 5) is 12.4. The van der Waals surface area contributed by atoms with Crippen LogP contribution in [-0.4, -0.2) is 27.2 Å². The molecular formula is C17H17F2NO4S. The first kappa shape index (κ1) is 18.9. The summed E-state index contributed by atoms with van der Waals surface area (Å²) in [5.41, 5.74) is 1.19. The lowest BCUT2D eigenvalue weighted by Crippen LogP contribution is -2.24. The fraction of sp³-hybridized carbons (Fsp3) is 0.235. The van der Waals surface area contributed by atoms with Crippen LogP contribution in [0.2, 0.25) is 0 Å². The summed E-state index contributed by atoms with van der Waals surface area (Å²) < 4.78 is 52.5. The normalized spacial score (nSPS) is 11.4. The molecule has 0 aromatic heterocycles. The Balaban J connectivity index is 2.19. The van der Waals surface area contributed by atoms with E-state index < -0.39 is 22.4 Å². The van der Waals surface area contributed by atoms with Crippen LogP contribution in [0, 0.1) is 6.92 Å². The van der Waals surface area contributed by atoms with Crippen molar-refractivity contribution >= 4 is 15.7 Å². The number of alkyl halides is 2. The first-order valence-electron chi connectivity index (χ1n) is 7.30. The number of para-hydroxylation sites is 1. The molecule has 0 aliphatic carbocycles. The molecule has 2 aromatic carbocycles. The maximum Gasteiger partial charge on any atom is 0.387 e. The van der Waals surface area contributed by atoms with Crippen molar-refractivity contribution in [2.24, 2.45) is 0 Å². The maximum absolute atomic E-state index is 12.4. The lowest BCUT2D eigenvalue weighted by Gasteiger charge is -2.12. The Kier molecular flexibility index (Phi) is 5.73. The van der Waals surface area contributed by atoms with Gasteiger partial charge in [-0.2, -0.15) is 8.78 Å². The number of aryl methyl sites for hydroxylation is 1. The second-order valence-electron chi connectivity index (χ2n) is 5.42. The second kappa shape index (κ2) is 7.60. The molecule has 5 nitrogen and oxygen atoms in total. The van der Waals surface area contributed by atoms with Gasteiger partial charge in [-0.15, -0.1) is 0 Å². The molecule has 1 amide bonds. The minimum Gasteiger partial charge on any atom is -0.434 e. The lowest BCUT2D eigenvalue weighted by molar-refractivity contribution is -0.0504. The molecule has 1 N–H and O–H groups in total. The van der Waals surface area contributed by atoms with E-state index in [1.165, 1.54) is 18.2 Å². The number of hydrogen-bond acceptors (Lipinski definition) is 4. The Labute approximate surface area is 144 Å². The molecule has 0 bridgehead atoms. The van der Waals surface area contributed by atoms with Gasteiger partial charge in [0.2, 0.25) is 0 Å². The first-order chi connectivity index (χ1) is 11.7. The van der Waals surface area contributed by atoms with Gasteiger partial charge >= 0.3 is 6.61 Å². The van der Waals surface area contributed by atoms with Crippen LogP contribution < -0.4 is 10.1 Å². The van der Waals surface area contributed by atoms with Crippen LogP contribution in [0.25, 0.3) is 0 Å². The molecule has 0 radical (unpaired) electrons. The smallest absolute Gasteiger partial charge is 0.387 e. The number of sulfone groups is 1. The Morgan fingerprint density at radius 2 is 1.88 bits per heavy atom. The molecule has 134 valence electrons. The summed E-state index contributed by atoms with van der Waals surface area (Å²) in [7, 11) is -3.45. The van der Waals surface area contributed by atoms with E-state index in [2.05, 4.69) is 10.1 Å². The Morgan fingerprint density at radius 3 is 2.52 bits per heavy atom. The molecule has 0 saturated heterocycles. The van der Waals surface area contributed by atoms with Crippen LogP contribution in [0.4, 0.5) is 8.78 Å². The lowest BCUT2D eigenvalue weighted by atomic mass is 10.1. The molecule has 0 heterocycles. The van der Waals surface area contributed by atoms with Crippen LogP contribution in [-0.2, 0) is 16.4 Å². The van der Waals surface area contributed by atoms with E-state index in [4.69, 9.17) is 0 Å². The number of carbonyl (C=O) groups excluding carboxylic acids is 1. The summed E-state index contributed by atoms with van der Waals surface area (Å²) in [5.74, 6) is -0.533. The van der Waals surface area contributed by atoms with Gasteiger partial charge in [-0.25, -0.2) is 8.42 Å². The van der Waals surface area contributed by atoms with Crippen LogP contribution in [0.3, 0.4) is 0 Å². The van der Waals surface area contributed by atoms with Gasteiger partial charge in [-0.1, -0.05) is 24.3 Å². The molecule has 0 atom stereocenters. The number of benzene rings is 2. The number of nitrogens with one attached hydrogen (secondary N) is 1. The third kappa shape index (κ3) is 4.99. The SMILES string of the molecule is Cc1ccc(S(C)(=O)=O)cc1C(=O)NCc1ccccc1OC(F)F. The zero-order valence-corrected chi connectivity index (χ0v) is 14.4. The fourth-order valence-electron chi connectivity index (χ4n) is 2.21. The molecule has 0 aliphatic rings. The van der Waals surface area contributed by atoms with Gasteiger partial charge < -0.3 is 10.1 Å². The zero-order valence-electron chi connectivity index (χ0n) is 13.6. The third-order valence-corrected chi connectivity index (χ3v) is 4.62. The van der Waals surface area contributed by atoms with Crippen molar-refractivity contribution in [2.45, 2.75) is 25.0 Å². The predicted molar refractivity (Wildman–Crippen MR) is 88.5 cm³/mol. The number of hydrogen-bond donors (Lipinski definition) is 1. The van der Waals surface area contributed by atoms with E-state index >= 15 is 0 Å². The highest BCUT2D eigenvalue weighted by atomic mass is 32.2. The molecule has 0 aliphatic heterocycles. The van der Waals surface area contributed by atoms with Gasteiger partial charge in [0.15, 0.2) is 9.84 Å². The van der Waals surface area contributed by atoms with E-state index in [1.54, 1.807) is 31.2 Å². The highest BCUT2D eigenvalue weighted by molar-refractivity contribution is 7.90. The summed E-state index contributed by atoms with van der Waals surface area (Å²) in [6.45, 7) is -1.33. The number of carbonyl (C=O) groups is 1. The number of amides is 1. The Hall–Kier alpha value is -2.48. The van der Waals surface area contributed by atoms with Crippen molar-refractivity contribution in [2.75, 3.05) is 6.26 Å². The van der Waals surface area contributed by atoms with Crippen LogP contribution in [0.5, 0.6) is 5.75 Å². The van der Waals surface area contributed by atoms with Gasteiger partial charge in [-0.05, 0) is 30.7 Å². The van der Waals surface area contributed by atoms with Crippen molar-refractivity contribution in [3.63, 3.8) is 0 Å². The fourth-order valence-corrected chi connectivity index (χ4v) is 2.86. The van der Waals surface area contributed by atoms with Crippen molar-refractivity contribution in [3.8, 4) is 5.75 Å². The standard InChI is InChI=1S/C17H17F2NO4S/c1-11-7-8-13(25(2,22)23)9-14(11)16(21)20-10-12-5-3-4-6-15(12)24-17(18)19/h3-9,17H,10H2,1-2H3,(H,20,21). The number of halogens is 2. The van der Waals surface area contributed by atoms with Crippen molar-refractivity contribution in [1.29, 1.82) is 0 Å². The van der Waals surface area contributed by atoms with Crippen LogP contribution in [0.15, 0.2) is 47.4 Å². The molecule has 2 rings (SSSR count). The van der Waals surface area contributed by atoms with Crippen molar-refractivity contribution < 1.29 is 26.7 Å². The number of rotatable bonds is 6. The highest BCUT2D eigenvalue weighted by Gasteiger charge is 2.15. The topological polar surface area (TPSA) is 72.5 Å². The van der Waals surface area contributed by atoms with Gasteiger partial charge in [-0.3, -0.25) is 4.79 Å². The molecule has 0 unspecified atom stereocenters. The van der Waals surface area contributed by atoms with Gasteiger partial charge in [0, 0.05) is 23.9 Å². The summed E-state index contributed by atoms with van der Waals surface area (Å²) in [5, 5.41) is 2.59. The third-order valence-electron chi connectivity index (χ3n) is 3.51. The largest absolute Gasteiger partial charge is 0.434 e. The average Bonchev–Trinajstić information content (AvgIpc) is 2.52. The van der Waals surface area contributed by atoms with E-state index in [-0.39, 0.29) is 22.8 Å². The van der Waals surface area contributed by atoms with Crippen molar-refractivity contribution in [3.05, 3.63) is 59.2 Å². The molecule has 8 heteroatoms. The quantitative estimate of drug-likeness (QED) is 0.850. The van der Waals surface area contributed by atoms with E-state index in [0.717, 1.165) is 6.26 Å². The first-order valence-corrected chi connectivity index (χ1v) is 9.19. The maximum atomic E-state index is 12.4. The van der Waals surface area contributed by atoms with Crippen LogP contribution in [0.1, 0.15) is 21.5 Å². The zero-order chi connectivity index (χ0) is 18.6. The molecule has 25 heavy (non-hydrogen) atoms. The predicted octanol–water partition coefficient (Wildman–Crippen LogP) is 2.93. The average molecular weight is 369 g/mol. The molecule has 0 spiro atoms. The van der Waals surface area contributed by atoms with E-state index in [0.29, 0.717) is 11.1 Å². The molecular weight excluding hydrogens is 352 g/mol. The summed E-state index contributed by atoms with van der Waals surface area (Å²) in [6, 6.07) is 10.4. The molecule has 0 fully saturated rings. The Bertz CT molecular complexity index is 882. The van der Waals surface area contributed by atoms with Gasteiger partial charge in [0.05, 0.1) is 4.90 Å². The molecule has 0 saturated carbocycles. The highest BCUT2D eigenvalue weighted by Crippen LogP contribution is 2.21. The van der Waals surface area contributed by atoms with Gasteiger partial charge in [0.25, 0.3) is 5.91 Å². The second-order valence-corrected chi connectivity index (χ2v) is 7.43. The summed E-state index contributed by atoms with van der Waals surface area (Å²) >= 11 is 0. The minimum atomic E-state index is -3.45. The summed E-state index contributed by atoms with van der Waals surface area (Å²) in [6.07, 6.45) is 1.05. The van der Waals surface area contributed by atoms with Gasteiger partial charge in [0.1, 0.15) is 5.75 Å². The molecule has 2 aromatic rings. The minimum absolute atomic E-state index is 0.0283. The monoisotopic (exact) mass is 369 g/mol. The number of ether oxygens (including phenoxy) is 1. The van der Waals surface area contributed by atoms with E-state index in [1.807, 2.05) is 0 Å². The van der Waals surface area contributed by atoms with Crippen LogP contribution >= 0.6 is 0 Å².